The maximum Gasteiger partial charge on any atom is 0.319 e. The molecule has 2 aromatic rings. The standard InChI is InChI=1S/C22H23ClO4/c1-22(2,3)27-21-19(20(24)25-4)17(14-8-6-5-7-9-14)13-15-12-16(23)10-11-18(15)26-21/h5-13,19,21H,1-4H3/t19-,21-/m1/s1. The largest absolute Gasteiger partial charge is 0.468 e. The fourth-order valence-corrected chi connectivity index (χ4v) is 3.22. The Balaban J connectivity index is 2.20. The summed E-state index contributed by atoms with van der Waals surface area (Å²) >= 11 is 6.19. The average molecular weight is 387 g/mol. The molecule has 4 nitrogen and oxygen atoms in total. The van der Waals surface area contributed by atoms with Crippen molar-refractivity contribution < 1.29 is 19.0 Å². The molecule has 0 fully saturated rings. The maximum atomic E-state index is 12.8. The molecule has 1 aliphatic heterocycles. The molecule has 0 aromatic heterocycles. The molecule has 0 bridgehead atoms. The fourth-order valence-electron chi connectivity index (χ4n) is 3.04. The first-order valence-corrected chi connectivity index (χ1v) is 9.15. The molecule has 0 N–H and O–H groups in total. The Bertz CT molecular complexity index is 852. The number of benzene rings is 2. The molecule has 0 unspecified atom stereocenters. The Kier molecular flexibility index (Phi) is 5.59. The van der Waals surface area contributed by atoms with Crippen molar-refractivity contribution in [2.24, 2.45) is 5.92 Å². The van der Waals surface area contributed by atoms with Crippen molar-refractivity contribution in [3.63, 3.8) is 0 Å². The van der Waals surface area contributed by atoms with E-state index in [1.54, 1.807) is 12.1 Å². The molecule has 0 saturated heterocycles. The van der Waals surface area contributed by atoms with Crippen LogP contribution in [0.2, 0.25) is 5.02 Å². The fraction of sp³-hybridized carbons (Fsp3) is 0.318. The number of hydrogen-bond donors (Lipinski definition) is 0. The molecule has 1 heterocycles. The van der Waals surface area contributed by atoms with Crippen LogP contribution in [0.5, 0.6) is 5.75 Å². The highest BCUT2D eigenvalue weighted by Crippen LogP contribution is 2.39. The van der Waals surface area contributed by atoms with Crippen LogP contribution >= 0.6 is 11.6 Å². The lowest BCUT2D eigenvalue weighted by Gasteiger charge is -2.32. The molecule has 142 valence electrons. The Morgan fingerprint density at radius 1 is 1.11 bits per heavy atom. The summed E-state index contributed by atoms with van der Waals surface area (Å²) < 4.78 is 17.4. The summed E-state index contributed by atoms with van der Waals surface area (Å²) in [6.07, 6.45) is 1.08. The van der Waals surface area contributed by atoms with Gasteiger partial charge in [-0.2, -0.15) is 0 Å². The number of carbonyl (C=O) groups excluding carboxylic acids is 1. The highest BCUT2D eigenvalue weighted by molar-refractivity contribution is 6.30. The van der Waals surface area contributed by atoms with Crippen molar-refractivity contribution in [1.29, 1.82) is 0 Å². The van der Waals surface area contributed by atoms with Crippen LogP contribution in [0.25, 0.3) is 11.6 Å². The molecule has 2 atom stereocenters. The van der Waals surface area contributed by atoms with Crippen molar-refractivity contribution in [1.82, 2.24) is 0 Å². The molecule has 0 spiro atoms. The number of ether oxygens (including phenoxy) is 3. The number of esters is 1. The van der Waals surface area contributed by atoms with Gasteiger partial charge in [-0.05, 0) is 56.2 Å². The van der Waals surface area contributed by atoms with E-state index in [4.69, 9.17) is 25.8 Å². The summed E-state index contributed by atoms with van der Waals surface area (Å²) in [4.78, 5) is 12.8. The monoisotopic (exact) mass is 386 g/mol. The number of carbonyl (C=O) groups is 1. The zero-order valence-corrected chi connectivity index (χ0v) is 16.6. The van der Waals surface area contributed by atoms with Crippen LogP contribution in [0.1, 0.15) is 31.9 Å². The Hall–Kier alpha value is -2.30. The third kappa shape index (κ3) is 4.52. The average Bonchev–Trinajstić information content (AvgIpc) is 2.76. The first kappa shape index (κ1) is 19.5. The van der Waals surface area contributed by atoms with Gasteiger partial charge in [0.25, 0.3) is 0 Å². The minimum absolute atomic E-state index is 0.418. The molecular weight excluding hydrogens is 364 g/mol. The summed E-state index contributed by atoms with van der Waals surface area (Å²) in [6, 6.07) is 15.0. The SMILES string of the molecule is COC(=O)[C@H]1C(c2ccccc2)=Cc2cc(Cl)ccc2O[C@@H]1OC(C)(C)C. The van der Waals surface area contributed by atoms with Gasteiger partial charge in [-0.15, -0.1) is 0 Å². The van der Waals surface area contributed by atoms with E-state index in [2.05, 4.69) is 0 Å². The second-order valence-corrected chi connectivity index (χ2v) is 7.80. The van der Waals surface area contributed by atoms with Gasteiger partial charge >= 0.3 is 5.97 Å². The smallest absolute Gasteiger partial charge is 0.319 e. The van der Waals surface area contributed by atoms with E-state index in [-0.39, 0.29) is 0 Å². The molecule has 0 radical (unpaired) electrons. The molecule has 2 aromatic carbocycles. The van der Waals surface area contributed by atoms with Crippen LogP contribution in [-0.2, 0) is 14.3 Å². The highest BCUT2D eigenvalue weighted by atomic mass is 35.5. The normalized spacial score (nSPS) is 19.4. The Morgan fingerprint density at radius 3 is 2.44 bits per heavy atom. The third-order valence-corrected chi connectivity index (χ3v) is 4.40. The highest BCUT2D eigenvalue weighted by Gasteiger charge is 2.40. The molecular formula is C22H23ClO4. The van der Waals surface area contributed by atoms with E-state index in [1.807, 2.05) is 63.2 Å². The van der Waals surface area contributed by atoms with E-state index in [1.165, 1.54) is 7.11 Å². The quantitative estimate of drug-likeness (QED) is 0.680. The minimum atomic E-state index is -0.841. The van der Waals surface area contributed by atoms with Crippen LogP contribution in [0.3, 0.4) is 0 Å². The van der Waals surface area contributed by atoms with Crippen LogP contribution in [0, 0.1) is 5.92 Å². The van der Waals surface area contributed by atoms with Crippen LogP contribution in [-0.4, -0.2) is 25.0 Å². The zero-order valence-electron chi connectivity index (χ0n) is 15.9. The van der Waals surface area contributed by atoms with Crippen molar-refractivity contribution in [3.8, 4) is 5.75 Å². The van der Waals surface area contributed by atoms with Crippen LogP contribution < -0.4 is 4.74 Å². The lowest BCUT2D eigenvalue weighted by molar-refractivity contribution is -0.183. The number of rotatable bonds is 3. The van der Waals surface area contributed by atoms with E-state index >= 15 is 0 Å². The lowest BCUT2D eigenvalue weighted by atomic mass is 9.90. The van der Waals surface area contributed by atoms with Gasteiger partial charge in [0, 0.05) is 10.6 Å². The molecule has 3 rings (SSSR count). The van der Waals surface area contributed by atoms with E-state index in [9.17, 15) is 4.79 Å². The summed E-state index contributed by atoms with van der Waals surface area (Å²) in [5.41, 5.74) is 1.93. The first-order valence-electron chi connectivity index (χ1n) is 8.77. The molecule has 0 amide bonds. The summed E-state index contributed by atoms with van der Waals surface area (Å²) in [6.45, 7) is 5.76. The van der Waals surface area contributed by atoms with E-state index in [0.717, 1.165) is 16.7 Å². The van der Waals surface area contributed by atoms with Gasteiger partial charge in [-0.3, -0.25) is 4.79 Å². The zero-order chi connectivity index (χ0) is 19.6. The first-order chi connectivity index (χ1) is 12.8. The number of halogens is 1. The maximum absolute atomic E-state index is 12.8. The van der Waals surface area contributed by atoms with Crippen LogP contribution in [0.15, 0.2) is 48.5 Å². The molecule has 5 heteroatoms. The van der Waals surface area contributed by atoms with Gasteiger partial charge in [0.15, 0.2) is 0 Å². The Morgan fingerprint density at radius 2 is 1.81 bits per heavy atom. The molecule has 1 aliphatic rings. The second-order valence-electron chi connectivity index (χ2n) is 7.37. The van der Waals surface area contributed by atoms with Crippen molar-refractivity contribution >= 4 is 29.2 Å². The molecule has 27 heavy (non-hydrogen) atoms. The van der Waals surface area contributed by atoms with Gasteiger partial charge in [-0.1, -0.05) is 41.9 Å². The minimum Gasteiger partial charge on any atom is -0.468 e. The summed E-state index contributed by atoms with van der Waals surface area (Å²) in [5.74, 6) is -0.561. The molecule has 0 saturated carbocycles. The number of methoxy groups -OCH3 is 1. The van der Waals surface area contributed by atoms with Gasteiger partial charge < -0.3 is 14.2 Å². The van der Waals surface area contributed by atoms with Gasteiger partial charge in [0.2, 0.25) is 6.29 Å². The lowest BCUT2D eigenvalue weighted by Crippen LogP contribution is -2.41. The Labute approximate surface area is 164 Å². The van der Waals surface area contributed by atoms with E-state index in [0.29, 0.717) is 10.8 Å². The van der Waals surface area contributed by atoms with Crippen molar-refractivity contribution in [2.45, 2.75) is 32.7 Å². The number of fused-ring (bicyclic) bond motifs is 1. The summed E-state index contributed by atoms with van der Waals surface area (Å²) in [5, 5.41) is 0.589. The topological polar surface area (TPSA) is 44.8 Å². The summed E-state index contributed by atoms with van der Waals surface area (Å²) in [7, 11) is 1.37. The molecule has 0 aliphatic carbocycles. The second kappa shape index (κ2) is 7.75. The van der Waals surface area contributed by atoms with Crippen molar-refractivity contribution in [2.75, 3.05) is 7.11 Å². The van der Waals surface area contributed by atoms with Crippen LogP contribution in [0.4, 0.5) is 0 Å². The van der Waals surface area contributed by atoms with Gasteiger partial charge in [0.05, 0.1) is 12.7 Å². The predicted octanol–water partition coefficient (Wildman–Crippen LogP) is 5.20. The van der Waals surface area contributed by atoms with Crippen molar-refractivity contribution in [3.05, 3.63) is 64.7 Å². The van der Waals surface area contributed by atoms with E-state index < -0.39 is 23.8 Å². The number of hydrogen-bond acceptors (Lipinski definition) is 4. The van der Waals surface area contributed by atoms with Gasteiger partial charge in [0.1, 0.15) is 11.7 Å². The third-order valence-electron chi connectivity index (χ3n) is 4.17. The van der Waals surface area contributed by atoms with Gasteiger partial charge in [-0.25, -0.2) is 0 Å². The predicted molar refractivity (Wildman–Crippen MR) is 107 cm³/mol.